The van der Waals surface area contributed by atoms with Gasteiger partial charge in [0.15, 0.2) is 0 Å². The second kappa shape index (κ2) is 5.17. The molecule has 3 heteroatoms. The maximum atomic E-state index is 12.5. The number of nitrogens with zero attached hydrogens (tertiary/aromatic N) is 2. The van der Waals surface area contributed by atoms with E-state index in [1.54, 1.807) is 0 Å². The Kier molecular flexibility index (Phi) is 3.69. The minimum atomic E-state index is -0.0707. The number of carbonyl (C=O) groups is 1. The van der Waals surface area contributed by atoms with Gasteiger partial charge in [-0.05, 0) is 25.7 Å². The van der Waals surface area contributed by atoms with Crippen molar-refractivity contribution < 1.29 is 4.79 Å². The highest BCUT2D eigenvalue weighted by Gasteiger charge is 2.38. The third-order valence-corrected chi connectivity index (χ3v) is 5.34. The van der Waals surface area contributed by atoms with Crippen molar-refractivity contribution in [3.05, 3.63) is 0 Å². The molecular weight excluding hydrogens is 236 g/mol. The largest absolute Gasteiger partial charge is 0.300 e. The lowest BCUT2D eigenvalue weighted by molar-refractivity contribution is -0.135. The molecular formula is C16H28N2O. The van der Waals surface area contributed by atoms with Crippen molar-refractivity contribution in [2.24, 2.45) is 11.3 Å². The zero-order valence-electron chi connectivity index (χ0n) is 12.5. The second-order valence-corrected chi connectivity index (χ2v) is 7.41. The topological polar surface area (TPSA) is 23.6 Å². The molecule has 0 aromatic carbocycles. The lowest BCUT2D eigenvalue weighted by Gasteiger charge is -2.39. The smallest absolute Gasteiger partial charge is 0.142 e. The summed E-state index contributed by atoms with van der Waals surface area (Å²) in [6, 6.07) is 0.900. The lowest BCUT2D eigenvalue weighted by Crippen LogP contribution is -2.50. The van der Waals surface area contributed by atoms with Gasteiger partial charge in [0.05, 0.1) is 0 Å². The summed E-state index contributed by atoms with van der Waals surface area (Å²) in [4.78, 5) is 17.6. The Hall–Kier alpha value is -0.410. The number of carbonyl (C=O) groups excluding carboxylic acids is 1. The van der Waals surface area contributed by atoms with Gasteiger partial charge >= 0.3 is 0 Å². The highest BCUT2D eigenvalue weighted by molar-refractivity contribution is 5.87. The van der Waals surface area contributed by atoms with Crippen molar-refractivity contribution in [1.29, 1.82) is 0 Å². The molecule has 1 heterocycles. The highest BCUT2D eigenvalue weighted by Crippen LogP contribution is 2.36. The number of hydrogen-bond acceptors (Lipinski definition) is 3. The van der Waals surface area contributed by atoms with E-state index in [9.17, 15) is 4.79 Å². The van der Waals surface area contributed by atoms with Gasteiger partial charge in [0.2, 0.25) is 0 Å². The number of rotatable bonds is 3. The van der Waals surface area contributed by atoms with Gasteiger partial charge in [0.25, 0.3) is 0 Å². The molecule has 1 atom stereocenters. The fourth-order valence-electron chi connectivity index (χ4n) is 3.83. The van der Waals surface area contributed by atoms with Crippen LogP contribution >= 0.6 is 0 Å². The van der Waals surface area contributed by atoms with Crippen LogP contribution in [0.3, 0.4) is 0 Å². The Morgan fingerprint density at radius 2 is 1.79 bits per heavy atom. The van der Waals surface area contributed by atoms with Crippen LogP contribution in [0, 0.1) is 11.3 Å². The number of hydrogen-bond donors (Lipinski definition) is 0. The van der Waals surface area contributed by atoms with Crippen LogP contribution in [0.2, 0.25) is 0 Å². The average molecular weight is 264 g/mol. The molecule has 1 saturated heterocycles. The first-order chi connectivity index (χ1) is 9.06. The van der Waals surface area contributed by atoms with Crippen LogP contribution in [0.5, 0.6) is 0 Å². The van der Waals surface area contributed by atoms with E-state index in [0.29, 0.717) is 11.7 Å². The average Bonchev–Trinajstić information content (AvgIpc) is 3.20. The number of piperazine rings is 1. The van der Waals surface area contributed by atoms with Gasteiger partial charge in [-0.25, -0.2) is 0 Å². The van der Waals surface area contributed by atoms with Crippen molar-refractivity contribution in [2.75, 3.05) is 32.7 Å². The van der Waals surface area contributed by atoms with E-state index in [4.69, 9.17) is 0 Å². The van der Waals surface area contributed by atoms with E-state index in [2.05, 4.69) is 23.6 Å². The van der Waals surface area contributed by atoms with Crippen LogP contribution in [0.15, 0.2) is 0 Å². The van der Waals surface area contributed by atoms with E-state index in [0.717, 1.165) is 25.4 Å². The van der Waals surface area contributed by atoms with Crippen molar-refractivity contribution >= 4 is 5.78 Å². The zero-order chi connectivity index (χ0) is 13.5. The second-order valence-electron chi connectivity index (χ2n) is 7.41. The highest BCUT2D eigenvalue weighted by atomic mass is 16.1. The maximum absolute atomic E-state index is 12.5. The normalized spacial score (nSPS) is 33.6. The predicted octanol–water partition coefficient (Wildman–Crippen LogP) is 2.16. The quantitative estimate of drug-likeness (QED) is 0.780. The molecule has 3 fully saturated rings. The van der Waals surface area contributed by atoms with E-state index in [-0.39, 0.29) is 5.41 Å². The molecule has 0 radical (unpaired) electrons. The first kappa shape index (κ1) is 13.6. The minimum absolute atomic E-state index is 0.0707. The molecule has 0 aromatic rings. The third-order valence-electron chi connectivity index (χ3n) is 5.34. The van der Waals surface area contributed by atoms with Crippen molar-refractivity contribution in [3.8, 4) is 0 Å². The molecule has 0 aromatic heterocycles. The van der Waals surface area contributed by atoms with Gasteiger partial charge in [-0.1, -0.05) is 20.3 Å². The third kappa shape index (κ3) is 3.03. The van der Waals surface area contributed by atoms with Gasteiger partial charge in [-0.15, -0.1) is 0 Å². The van der Waals surface area contributed by atoms with E-state index in [1.165, 1.54) is 45.4 Å². The molecule has 108 valence electrons. The standard InChI is InChI=1S/C16H28N2O/c1-16(2)7-3-4-13(15(16)19)12-17-8-10-18(11-9-17)14-5-6-14/h13-14H,3-12H2,1-2H3. The maximum Gasteiger partial charge on any atom is 0.142 e. The van der Waals surface area contributed by atoms with E-state index >= 15 is 0 Å². The van der Waals surface area contributed by atoms with Gasteiger partial charge in [0, 0.05) is 50.1 Å². The van der Waals surface area contributed by atoms with Crippen LogP contribution < -0.4 is 0 Å². The molecule has 0 bridgehead atoms. The summed E-state index contributed by atoms with van der Waals surface area (Å²) < 4.78 is 0. The Bertz CT molecular complexity index is 341. The SMILES string of the molecule is CC1(C)CCCC(CN2CCN(C3CC3)CC2)C1=O. The summed E-state index contributed by atoms with van der Waals surface area (Å²) in [5.41, 5.74) is -0.0707. The first-order valence-corrected chi connectivity index (χ1v) is 8.07. The van der Waals surface area contributed by atoms with Crippen LogP contribution in [-0.2, 0) is 4.79 Å². The molecule has 3 aliphatic rings. The summed E-state index contributed by atoms with van der Waals surface area (Å²) in [6.45, 7) is 10.0. The monoisotopic (exact) mass is 264 g/mol. The van der Waals surface area contributed by atoms with Gasteiger partial charge in [0.1, 0.15) is 5.78 Å². The zero-order valence-corrected chi connectivity index (χ0v) is 12.5. The van der Waals surface area contributed by atoms with Gasteiger partial charge in [-0.3, -0.25) is 9.69 Å². The minimum Gasteiger partial charge on any atom is -0.300 e. The van der Waals surface area contributed by atoms with Crippen LogP contribution in [0.1, 0.15) is 46.0 Å². The molecule has 2 aliphatic carbocycles. The van der Waals surface area contributed by atoms with Gasteiger partial charge < -0.3 is 4.90 Å². The molecule has 1 aliphatic heterocycles. The summed E-state index contributed by atoms with van der Waals surface area (Å²) >= 11 is 0. The number of Topliss-reactive ketones (excluding diaryl/α,β-unsaturated/α-hetero) is 1. The molecule has 3 nitrogen and oxygen atoms in total. The molecule has 2 saturated carbocycles. The van der Waals surface area contributed by atoms with E-state index < -0.39 is 0 Å². The summed E-state index contributed by atoms with van der Waals surface area (Å²) in [5.74, 6) is 0.819. The van der Waals surface area contributed by atoms with Crippen LogP contribution in [-0.4, -0.2) is 54.3 Å². The summed E-state index contributed by atoms with van der Waals surface area (Å²) in [7, 11) is 0. The van der Waals surface area contributed by atoms with Crippen molar-refractivity contribution in [2.45, 2.75) is 52.0 Å². The Morgan fingerprint density at radius 3 is 2.42 bits per heavy atom. The summed E-state index contributed by atoms with van der Waals surface area (Å²) in [5, 5.41) is 0. The fraction of sp³-hybridized carbons (Fsp3) is 0.938. The molecule has 0 N–H and O–H groups in total. The van der Waals surface area contributed by atoms with Crippen LogP contribution in [0.4, 0.5) is 0 Å². The molecule has 0 amide bonds. The Balaban J connectivity index is 1.50. The van der Waals surface area contributed by atoms with Crippen molar-refractivity contribution in [1.82, 2.24) is 9.80 Å². The fourth-order valence-corrected chi connectivity index (χ4v) is 3.83. The van der Waals surface area contributed by atoms with Gasteiger partial charge in [-0.2, -0.15) is 0 Å². The summed E-state index contributed by atoms with van der Waals surface area (Å²) in [6.07, 6.45) is 6.25. The van der Waals surface area contributed by atoms with Crippen molar-refractivity contribution in [3.63, 3.8) is 0 Å². The van der Waals surface area contributed by atoms with Crippen LogP contribution in [0.25, 0.3) is 0 Å². The lowest BCUT2D eigenvalue weighted by atomic mass is 9.71. The molecule has 1 unspecified atom stereocenters. The Morgan fingerprint density at radius 1 is 1.11 bits per heavy atom. The first-order valence-electron chi connectivity index (χ1n) is 8.07. The molecule has 0 spiro atoms. The molecule has 19 heavy (non-hydrogen) atoms. The number of ketones is 1. The van der Waals surface area contributed by atoms with E-state index in [1.807, 2.05) is 0 Å². The predicted molar refractivity (Wildman–Crippen MR) is 77.2 cm³/mol. The molecule has 3 rings (SSSR count). The Labute approximate surface area is 117 Å².